The Hall–Kier alpha value is -0.0800. The number of rotatable bonds is 0. The average Bonchev–Trinajstić information content (AvgIpc) is 2.36. The highest BCUT2D eigenvalue weighted by molar-refractivity contribution is 5.10. The van der Waals surface area contributed by atoms with Gasteiger partial charge in [0.1, 0.15) is 0 Å². The molecule has 1 spiro atoms. The maximum Gasteiger partial charge on any atom is 0.0650 e. The highest BCUT2D eigenvalue weighted by Gasteiger charge is 2.55. The van der Waals surface area contributed by atoms with Gasteiger partial charge in [-0.05, 0) is 25.2 Å². The van der Waals surface area contributed by atoms with Gasteiger partial charge in [0.25, 0.3) is 0 Å². The van der Waals surface area contributed by atoms with E-state index < -0.39 is 0 Å². The molecule has 0 aromatic heterocycles. The zero-order valence-corrected chi connectivity index (χ0v) is 6.88. The van der Waals surface area contributed by atoms with Crippen LogP contribution in [0.3, 0.4) is 0 Å². The summed E-state index contributed by atoms with van der Waals surface area (Å²) in [5.41, 5.74) is 0.529. The van der Waals surface area contributed by atoms with Crippen LogP contribution in [0.5, 0.6) is 0 Å². The van der Waals surface area contributed by atoms with Crippen molar-refractivity contribution in [3.63, 3.8) is 0 Å². The lowest BCUT2D eigenvalue weighted by Crippen LogP contribution is -2.48. The molecule has 62 valence electrons. The lowest BCUT2D eigenvalue weighted by Gasteiger charge is -2.40. The van der Waals surface area contributed by atoms with E-state index in [1.807, 2.05) is 0 Å². The van der Waals surface area contributed by atoms with E-state index in [2.05, 4.69) is 4.90 Å². The Kier molecular flexibility index (Phi) is 1.16. The molecule has 1 saturated carbocycles. The zero-order valence-electron chi connectivity index (χ0n) is 6.88. The van der Waals surface area contributed by atoms with E-state index in [0.717, 1.165) is 19.1 Å². The number of nitrogens with zero attached hydrogens (tertiary/aromatic N) is 1. The molecule has 4 fully saturated rings. The van der Waals surface area contributed by atoms with Gasteiger partial charge in [0, 0.05) is 25.2 Å². The molecule has 2 heteroatoms. The molecule has 0 N–H and O–H groups in total. The predicted molar refractivity (Wildman–Crippen MR) is 42.5 cm³/mol. The van der Waals surface area contributed by atoms with Gasteiger partial charge in [0.2, 0.25) is 0 Å². The summed E-state index contributed by atoms with van der Waals surface area (Å²) in [5.74, 6) is 1.02. The molecule has 0 amide bonds. The van der Waals surface area contributed by atoms with Crippen molar-refractivity contribution in [2.75, 3.05) is 26.3 Å². The number of hydrogen-bond acceptors (Lipinski definition) is 2. The minimum absolute atomic E-state index is 0.529. The molecule has 4 rings (SSSR count). The normalized spacial score (nSPS) is 49.6. The van der Waals surface area contributed by atoms with Crippen LogP contribution in [0.4, 0.5) is 0 Å². The summed E-state index contributed by atoms with van der Waals surface area (Å²) < 4.78 is 5.61. The van der Waals surface area contributed by atoms with Crippen LogP contribution in [0.15, 0.2) is 0 Å². The van der Waals surface area contributed by atoms with Gasteiger partial charge in [-0.3, -0.25) is 4.90 Å². The average molecular weight is 153 g/mol. The third-order valence-electron chi connectivity index (χ3n) is 3.57. The molecule has 4 aliphatic rings. The third kappa shape index (κ3) is 0.744. The van der Waals surface area contributed by atoms with Gasteiger partial charge in [-0.15, -0.1) is 0 Å². The quantitative estimate of drug-likeness (QED) is 0.512. The van der Waals surface area contributed by atoms with E-state index >= 15 is 0 Å². The van der Waals surface area contributed by atoms with Crippen LogP contribution in [-0.2, 0) is 4.74 Å². The van der Waals surface area contributed by atoms with E-state index in [4.69, 9.17) is 4.74 Å². The van der Waals surface area contributed by atoms with E-state index in [1.54, 1.807) is 0 Å². The minimum atomic E-state index is 0.529. The van der Waals surface area contributed by atoms with Gasteiger partial charge in [-0.1, -0.05) is 0 Å². The van der Waals surface area contributed by atoms with Crippen molar-refractivity contribution >= 4 is 0 Å². The van der Waals surface area contributed by atoms with Crippen molar-refractivity contribution in [1.29, 1.82) is 0 Å². The van der Waals surface area contributed by atoms with Crippen LogP contribution in [-0.4, -0.2) is 36.7 Å². The first-order chi connectivity index (χ1) is 5.39. The fourth-order valence-electron chi connectivity index (χ4n) is 3.06. The molecule has 0 aromatic carbocycles. The van der Waals surface area contributed by atoms with Gasteiger partial charge in [0.05, 0.1) is 6.61 Å². The Bertz CT molecular complexity index is 172. The topological polar surface area (TPSA) is 12.5 Å². The first-order valence-corrected chi connectivity index (χ1v) is 4.72. The zero-order chi connectivity index (χ0) is 7.31. The molecule has 2 nitrogen and oxygen atoms in total. The maximum absolute atomic E-state index is 5.61. The SMILES string of the molecule is C1COCC23CC(CN2C1)C3. The van der Waals surface area contributed by atoms with Crippen molar-refractivity contribution < 1.29 is 4.74 Å². The summed E-state index contributed by atoms with van der Waals surface area (Å²) in [5, 5.41) is 0. The predicted octanol–water partition coefficient (Wildman–Crippen LogP) is 0.871. The lowest BCUT2D eigenvalue weighted by atomic mass is 9.74. The standard InChI is InChI=1S/C9H15NO/c1-2-10-6-8-4-9(10,5-8)7-11-3-1/h8H,1-7H2. The van der Waals surface area contributed by atoms with Gasteiger partial charge in [-0.2, -0.15) is 0 Å². The van der Waals surface area contributed by atoms with Crippen molar-refractivity contribution in [3.05, 3.63) is 0 Å². The van der Waals surface area contributed by atoms with Crippen LogP contribution in [0.1, 0.15) is 19.3 Å². The molecule has 1 aliphatic carbocycles. The summed E-state index contributed by atoms with van der Waals surface area (Å²) in [6.45, 7) is 4.66. The fraction of sp³-hybridized carbons (Fsp3) is 1.00. The molecule has 3 heterocycles. The molecule has 0 unspecified atom stereocenters. The Labute approximate surface area is 67.5 Å². The Morgan fingerprint density at radius 3 is 3.18 bits per heavy atom. The Morgan fingerprint density at radius 2 is 2.27 bits per heavy atom. The molecule has 2 bridgehead atoms. The Morgan fingerprint density at radius 1 is 1.36 bits per heavy atom. The van der Waals surface area contributed by atoms with Crippen LogP contribution >= 0.6 is 0 Å². The first kappa shape index (κ1) is 6.44. The monoisotopic (exact) mass is 153 g/mol. The summed E-state index contributed by atoms with van der Waals surface area (Å²) in [6.07, 6.45) is 4.09. The van der Waals surface area contributed by atoms with Gasteiger partial charge >= 0.3 is 0 Å². The van der Waals surface area contributed by atoms with E-state index in [0.29, 0.717) is 5.54 Å². The summed E-state index contributed by atoms with van der Waals surface area (Å²) in [4.78, 5) is 2.67. The number of hydrogen-bond donors (Lipinski definition) is 0. The first-order valence-electron chi connectivity index (χ1n) is 4.72. The maximum atomic E-state index is 5.61. The Balaban J connectivity index is 1.85. The second kappa shape index (κ2) is 1.99. The molecule has 0 atom stereocenters. The van der Waals surface area contributed by atoms with Crippen LogP contribution in [0.2, 0.25) is 0 Å². The molecule has 0 aromatic rings. The molecule has 0 radical (unpaired) electrons. The molecule has 3 aliphatic heterocycles. The molecule has 3 saturated heterocycles. The third-order valence-corrected chi connectivity index (χ3v) is 3.57. The van der Waals surface area contributed by atoms with Crippen molar-refractivity contribution in [2.45, 2.75) is 24.8 Å². The number of ether oxygens (including phenoxy) is 1. The summed E-state index contributed by atoms with van der Waals surface area (Å²) in [6, 6.07) is 0. The highest BCUT2D eigenvalue weighted by Crippen LogP contribution is 2.51. The van der Waals surface area contributed by atoms with Gasteiger partial charge in [-0.25, -0.2) is 0 Å². The van der Waals surface area contributed by atoms with E-state index in [9.17, 15) is 0 Å². The smallest absolute Gasteiger partial charge is 0.0650 e. The van der Waals surface area contributed by atoms with Crippen molar-refractivity contribution in [3.8, 4) is 0 Å². The van der Waals surface area contributed by atoms with Crippen LogP contribution in [0.25, 0.3) is 0 Å². The van der Waals surface area contributed by atoms with Gasteiger partial charge in [0.15, 0.2) is 0 Å². The van der Waals surface area contributed by atoms with E-state index in [1.165, 1.54) is 32.4 Å². The van der Waals surface area contributed by atoms with Crippen LogP contribution < -0.4 is 0 Å². The summed E-state index contributed by atoms with van der Waals surface area (Å²) in [7, 11) is 0. The van der Waals surface area contributed by atoms with Gasteiger partial charge < -0.3 is 4.74 Å². The van der Waals surface area contributed by atoms with E-state index in [-0.39, 0.29) is 0 Å². The molecule has 11 heavy (non-hydrogen) atoms. The second-order valence-corrected chi connectivity index (χ2v) is 4.35. The molecular weight excluding hydrogens is 138 g/mol. The van der Waals surface area contributed by atoms with Crippen LogP contribution in [0, 0.1) is 5.92 Å². The second-order valence-electron chi connectivity index (χ2n) is 4.35. The summed E-state index contributed by atoms with van der Waals surface area (Å²) >= 11 is 0. The fourth-order valence-corrected chi connectivity index (χ4v) is 3.06. The highest BCUT2D eigenvalue weighted by atomic mass is 16.5. The van der Waals surface area contributed by atoms with Crippen molar-refractivity contribution in [1.82, 2.24) is 4.90 Å². The van der Waals surface area contributed by atoms with Crippen molar-refractivity contribution in [2.24, 2.45) is 5.92 Å². The largest absolute Gasteiger partial charge is 0.379 e. The lowest BCUT2D eigenvalue weighted by molar-refractivity contribution is 0.0232. The molecular formula is C9H15NO. The minimum Gasteiger partial charge on any atom is -0.379 e.